The summed E-state index contributed by atoms with van der Waals surface area (Å²) >= 11 is 3.09. The Hall–Kier alpha value is -4.49. The van der Waals surface area contributed by atoms with Crippen LogP contribution in [0.2, 0.25) is 0 Å². The van der Waals surface area contributed by atoms with Gasteiger partial charge in [0.15, 0.2) is 0 Å². The van der Waals surface area contributed by atoms with Crippen LogP contribution in [0.1, 0.15) is 104 Å². The monoisotopic (exact) mass is 922 g/mol. The summed E-state index contributed by atoms with van der Waals surface area (Å²) in [6.07, 6.45) is 4.43. The van der Waals surface area contributed by atoms with Gasteiger partial charge in [-0.15, -0.1) is 0 Å². The van der Waals surface area contributed by atoms with Gasteiger partial charge in [0.1, 0.15) is 18.7 Å². The summed E-state index contributed by atoms with van der Waals surface area (Å²) in [6.45, 7) is 11.3. The lowest BCUT2D eigenvalue weighted by atomic mass is 9.80. The van der Waals surface area contributed by atoms with Gasteiger partial charge in [-0.05, 0) is 61.1 Å². The van der Waals surface area contributed by atoms with E-state index in [4.69, 9.17) is 19.9 Å². The molecule has 2 aliphatic heterocycles. The van der Waals surface area contributed by atoms with Gasteiger partial charge in [-0.1, -0.05) is 75.5 Å². The Balaban J connectivity index is 1.44. The zero-order valence-electron chi connectivity index (χ0n) is 36.2. The van der Waals surface area contributed by atoms with Gasteiger partial charge < -0.3 is 57.2 Å². The van der Waals surface area contributed by atoms with Crippen LogP contribution < -0.4 is 43.0 Å². The number of amides is 8. The Morgan fingerprint density at radius 1 is 0.852 bits per heavy atom. The maximum absolute atomic E-state index is 13.5. The molecule has 19 heteroatoms. The summed E-state index contributed by atoms with van der Waals surface area (Å²) < 4.78 is 17.4. The second kappa shape index (κ2) is 26.1. The molecule has 0 radical (unpaired) electrons. The normalized spacial score (nSPS) is 20.0. The van der Waals surface area contributed by atoms with E-state index >= 15 is 0 Å². The van der Waals surface area contributed by atoms with E-state index in [1.54, 1.807) is 38.1 Å². The number of halogens is 1. The van der Waals surface area contributed by atoms with Crippen LogP contribution in [0.15, 0.2) is 24.3 Å². The molecule has 1 spiro atoms. The summed E-state index contributed by atoms with van der Waals surface area (Å²) in [6, 6.07) is 3.92. The fourth-order valence-corrected chi connectivity index (χ4v) is 7.21. The van der Waals surface area contributed by atoms with Gasteiger partial charge in [0, 0.05) is 38.0 Å². The van der Waals surface area contributed by atoms with Gasteiger partial charge in [0.2, 0.25) is 29.5 Å². The number of alkyl carbamates (subject to hydrolysis) is 1. The Bertz CT molecular complexity index is 1610. The second-order valence-electron chi connectivity index (χ2n) is 16.4. The number of anilines is 1. The molecule has 0 aliphatic carbocycles. The lowest BCUT2D eigenvalue weighted by Gasteiger charge is -2.38. The van der Waals surface area contributed by atoms with Gasteiger partial charge >= 0.3 is 12.1 Å². The molecular formula is C42H67BrN8O10. The number of rotatable bonds is 26. The van der Waals surface area contributed by atoms with E-state index in [0.717, 1.165) is 12.8 Å². The van der Waals surface area contributed by atoms with Crippen LogP contribution in [0, 0.1) is 17.8 Å². The summed E-state index contributed by atoms with van der Waals surface area (Å²) in [5.74, 6) is -1.17. The van der Waals surface area contributed by atoms with Crippen molar-refractivity contribution in [3.05, 3.63) is 29.8 Å². The molecule has 61 heavy (non-hydrogen) atoms. The van der Waals surface area contributed by atoms with E-state index in [1.807, 2.05) is 0 Å². The third-order valence-electron chi connectivity index (χ3n) is 11.1. The predicted molar refractivity (Wildman–Crippen MR) is 232 cm³/mol. The lowest BCUT2D eigenvalue weighted by molar-refractivity contribution is -0.135. The molecule has 0 bridgehead atoms. The molecule has 1 aromatic rings. The minimum Gasteiger partial charge on any atom is -0.445 e. The predicted octanol–water partition coefficient (Wildman–Crippen LogP) is 3.46. The highest BCUT2D eigenvalue weighted by molar-refractivity contribution is 9.09. The number of nitrogens with two attached hydrogens (primary N) is 1. The van der Waals surface area contributed by atoms with Crippen molar-refractivity contribution >= 4 is 63.3 Å². The number of carbonyl (C=O) groups excluding carboxylic acids is 7. The van der Waals surface area contributed by atoms with Crippen LogP contribution in [-0.2, 0) is 44.8 Å². The fraction of sp³-hybridized carbons (Fsp3) is 0.690. The Morgan fingerprint density at radius 2 is 1.56 bits per heavy atom. The van der Waals surface area contributed by atoms with Crippen LogP contribution in [0.3, 0.4) is 0 Å². The number of epoxide rings is 1. The maximum Gasteiger partial charge on any atom is 0.408 e. The summed E-state index contributed by atoms with van der Waals surface area (Å²) in [4.78, 5) is 87.3. The second-order valence-corrected chi connectivity index (χ2v) is 17.0. The molecule has 9 N–H and O–H groups in total. The molecule has 342 valence electrons. The quantitative estimate of drug-likeness (QED) is 0.0291. The van der Waals surface area contributed by atoms with Gasteiger partial charge in [-0.3, -0.25) is 24.0 Å². The topological polar surface area (TPSA) is 261 Å². The molecule has 2 heterocycles. The molecule has 3 rings (SSSR count). The smallest absolute Gasteiger partial charge is 0.408 e. The molecule has 1 aromatic carbocycles. The minimum atomic E-state index is -1.02. The highest BCUT2D eigenvalue weighted by Crippen LogP contribution is 2.45. The highest BCUT2D eigenvalue weighted by atomic mass is 79.9. The number of alkyl halides is 1. The van der Waals surface area contributed by atoms with E-state index in [9.17, 15) is 33.6 Å². The molecule has 0 aromatic heterocycles. The van der Waals surface area contributed by atoms with E-state index in [1.165, 1.54) is 0 Å². The number of urea groups is 1. The van der Waals surface area contributed by atoms with Crippen molar-refractivity contribution in [2.75, 3.05) is 37.0 Å². The molecule has 2 fully saturated rings. The van der Waals surface area contributed by atoms with Crippen molar-refractivity contribution in [1.29, 1.82) is 0 Å². The molecule has 2 saturated heterocycles. The van der Waals surface area contributed by atoms with Crippen LogP contribution in [0.25, 0.3) is 0 Å². The van der Waals surface area contributed by atoms with Crippen molar-refractivity contribution in [3.8, 4) is 0 Å². The summed E-state index contributed by atoms with van der Waals surface area (Å²) in [5.41, 5.74) is 6.03. The number of nitrogens with one attached hydrogen (secondary N) is 7. The lowest BCUT2D eigenvalue weighted by Crippen LogP contribution is -2.54. The van der Waals surface area contributed by atoms with Crippen LogP contribution in [-0.4, -0.2) is 103 Å². The molecule has 0 saturated carbocycles. The maximum atomic E-state index is 13.5. The minimum absolute atomic E-state index is 0.0279. The van der Waals surface area contributed by atoms with Crippen molar-refractivity contribution in [2.45, 2.75) is 135 Å². The van der Waals surface area contributed by atoms with Gasteiger partial charge in [-0.2, -0.15) is 0 Å². The Morgan fingerprint density at radius 3 is 2.20 bits per heavy atom. The van der Waals surface area contributed by atoms with Crippen LogP contribution in [0.4, 0.5) is 15.3 Å². The third-order valence-corrected chi connectivity index (χ3v) is 11.6. The van der Waals surface area contributed by atoms with E-state index in [2.05, 4.69) is 73.9 Å². The number of primary amides is 1. The third kappa shape index (κ3) is 19.0. The molecule has 8 amide bonds. The fourth-order valence-electron chi connectivity index (χ4n) is 7.01. The first-order chi connectivity index (χ1) is 29.0. The summed E-state index contributed by atoms with van der Waals surface area (Å²) in [5, 5.41) is 19.0. The molecule has 18 nitrogen and oxygen atoms in total. The zero-order chi connectivity index (χ0) is 45.0. The zero-order valence-corrected chi connectivity index (χ0v) is 37.8. The molecular weight excluding hydrogens is 856 g/mol. The Kier molecular flexibility index (Phi) is 21.8. The van der Waals surface area contributed by atoms with Gasteiger partial charge in [0.05, 0.1) is 42.8 Å². The molecule has 1 unspecified atom stereocenters. The Labute approximate surface area is 367 Å². The molecule has 7 atom stereocenters. The van der Waals surface area contributed by atoms with Crippen molar-refractivity contribution in [2.24, 2.45) is 23.5 Å². The van der Waals surface area contributed by atoms with Gasteiger partial charge in [-0.25, -0.2) is 9.59 Å². The van der Waals surface area contributed by atoms with Crippen LogP contribution in [0.5, 0.6) is 0 Å². The first-order valence-electron chi connectivity index (χ1n) is 21.4. The average molecular weight is 924 g/mol. The first kappa shape index (κ1) is 50.9. The van der Waals surface area contributed by atoms with Crippen LogP contribution >= 0.6 is 15.9 Å². The number of unbranched alkanes of at least 4 members (excludes halogenated alkanes) is 2. The number of ether oxygens (including phenoxy) is 3. The number of benzene rings is 1. The van der Waals surface area contributed by atoms with E-state index in [-0.39, 0.29) is 85.9 Å². The van der Waals surface area contributed by atoms with E-state index in [0.29, 0.717) is 68.3 Å². The van der Waals surface area contributed by atoms with Crippen molar-refractivity contribution in [1.82, 2.24) is 31.9 Å². The summed E-state index contributed by atoms with van der Waals surface area (Å²) in [7, 11) is 0. The van der Waals surface area contributed by atoms with Crippen molar-refractivity contribution < 1.29 is 47.8 Å². The van der Waals surface area contributed by atoms with Crippen molar-refractivity contribution in [3.63, 3.8) is 0 Å². The largest absolute Gasteiger partial charge is 0.445 e. The number of carbonyl (C=O) groups is 7. The standard InChI is InChI=1S/C42H67BrN8O10/c1-6-27(4)28(5)33-21-42(24-60-42)20-31(61-33)19-35(53)47-25-48-41(58)59-23-29-13-15-30(16-14-29)49-38(55)32(11-10-18-46-40(44)57)50-39(56)37(26(2)3)51-34(52)12-8-7-9-17-45-36(54)22-43/h13-16,26-28,31-33,37H,6-12,17-25H2,1-5H3,(H,45,54)(H,47,53)(H,48,58)(H,49,55)(H,50,56)(H,51,52)(H3,44,46,57)/t27?,28-,31-,32+,33+,37+,42+/m1/s1. The average Bonchev–Trinajstić information content (AvgIpc) is 3.97. The number of hydrogen-bond acceptors (Lipinski definition) is 10. The number of hydrogen-bond donors (Lipinski definition) is 8. The SMILES string of the molecule is CCC(C)[C@@H](C)[C@@H]1C[C@]2(CO2)C[C@@H](CC(=O)NCNC(=O)OCc2ccc(NC(=O)[C@H](CCCNC(N)=O)NC(=O)[C@@H](NC(=O)CCCCCNC(=O)CBr)C(C)C)cc2)O1. The van der Waals surface area contributed by atoms with Gasteiger partial charge in [0.25, 0.3) is 0 Å². The highest BCUT2D eigenvalue weighted by Gasteiger charge is 2.53. The first-order valence-corrected chi connectivity index (χ1v) is 22.5. The molecule has 2 aliphatic rings. The van der Waals surface area contributed by atoms with E-state index < -0.39 is 36.0 Å².